The Balaban J connectivity index is 1.72. The number of ether oxygens (including phenoxy) is 1. The summed E-state index contributed by atoms with van der Waals surface area (Å²) in [7, 11) is 1.73. The number of carbonyl (C=O) groups is 1. The quantitative estimate of drug-likeness (QED) is 0.794. The number of piperidine rings is 2. The van der Waals surface area contributed by atoms with Crippen LogP contribution in [-0.2, 0) is 9.53 Å². The Bertz CT molecular complexity index is 327. The summed E-state index contributed by atoms with van der Waals surface area (Å²) in [6.07, 6.45) is 4.07. The first-order chi connectivity index (χ1) is 10.1. The summed E-state index contributed by atoms with van der Waals surface area (Å²) in [6.45, 7) is 8.53. The van der Waals surface area contributed by atoms with Crippen molar-refractivity contribution in [2.75, 3.05) is 33.3 Å². The highest BCUT2D eigenvalue weighted by Crippen LogP contribution is 2.22. The van der Waals surface area contributed by atoms with Gasteiger partial charge in [-0.05, 0) is 58.7 Å². The topological polar surface area (TPSA) is 53.6 Å². The smallest absolute Gasteiger partial charge is 0.220 e. The monoisotopic (exact) mass is 297 g/mol. The number of carbonyl (C=O) groups excluding carboxylic acids is 1. The molecule has 5 nitrogen and oxygen atoms in total. The molecule has 2 aliphatic rings. The zero-order valence-electron chi connectivity index (χ0n) is 13.7. The van der Waals surface area contributed by atoms with Crippen molar-refractivity contribution < 1.29 is 9.53 Å². The fourth-order valence-corrected chi connectivity index (χ4v) is 3.46. The van der Waals surface area contributed by atoms with Crippen LogP contribution in [0, 0.1) is 5.92 Å². The first-order valence-electron chi connectivity index (χ1n) is 8.37. The van der Waals surface area contributed by atoms with Crippen LogP contribution in [-0.4, -0.2) is 62.3 Å². The first kappa shape index (κ1) is 16.7. The van der Waals surface area contributed by atoms with E-state index in [9.17, 15) is 4.79 Å². The van der Waals surface area contributed by atoms with E-state index >= 15 is 0 Å². The van der Waals surface area contributed by atoms with Crippen LogP contribution in [0.5, 0.6) is 0 Å². The lowest BCUT2D eigenvalue weighted by molar-refractivity contribution is -0.124. The van der Waals surface area contributed by atoms with E-state index in [2.05, 4.69) is 29.4 Å². The Morgan fingerprint density at radius 3 is 2.67 bits per heavy atom. The van der Waals surface area contributed by atoms with Gasteiger partial charge in [0, 0.05) is 26.1 Å². The fraction of sp³-hybridized carbons (Fsp3) is 0.938. The predicted molar refractivity (Wildman–Crippen MR) is 84.3 cm³/mol. The molecule has 0 aromatic heterocycles. The second-order valence-corrected chi connectivity index (χ2v) is 6.72. The van der Waals surface area contributed by atoms with E-state index in [4.69, 9.17) is 4.74 Å². The predicted octanol–water partition coefficient (Wildman–Crippen LogP) is 0.990. The molecule has 2 atom stereocenters. The summed E-state index contributed by atoms with van der Waals surface area (Å²) in [5.74, 6) is 0.728. The zero-order chi connectivity index (χ0) is 15.2. The number of nitrogens with zero attached hydrogens (tertiary/aromatic N) is 1. The van der Waals surface area contributed by atoms with Crippen LogP contribution in [0.1, 0.15) is 39.5 Å². The molecule has 0 saturated carbocycles. The molecule has 21 heavy (non-hydrogen) atoms. The number of nitrogens with one attached hydrogen (secondary N) is 2. The van der Waals surface area contributed by atoms with Crippen molar-refractivity contribution in [1.82, 2.24) is 15.5 Å². The molecule has 1 amide bonds. The third-order valence-corrected chi connectivity index (χ3v) is 4.92. The molecule has 0 radical (unpaired) electrons. The van der Waals surface area contributed by atoms with Crippen molar-refractivity contribution in [2.45, 2.75) is 57.7 Å². The van der Waals surface area contributed by atoms with Crippen LogP contribution in [0.3, 0.4) is 0 Å². The summed E-state index contributed by atoms with van der Waals surface area (Å²) >= 11 is 0. The van der Waals surface area contributed by atoms with Gasteiger partial charge in [0.25, 0.3) is 0 Å². The van der Waals surface area contributed by atoms with Crippen molar-refractivity contribution in [3.63, 3.8) is 0 Å². The maximum atomic E-state index is 12.2. The van der Waals surface area contributed by atoms with E-state index in [1.54, 1.807) is 7.11 Å². The lowest BCUT2D eigenvalue weighted by Gasteiger charge is -2.35. The average Bonchev–Trinajstić information content (AvgIpc) is 2.48. The largest absolute Gasteiger partial charge is 0.379 e. The number of methoxy groups -OCH3 is 1. The van der Waals surface area contributed by atoms with Crippen molar-refractivity contribution in [2.24, 2.45) is 5.92 Å². The number of likely N-dealkylation sites (tertiary alicyclic amines) is 1. The second-order valence-electron chi connectivity index (χ2n) is 6.72. The summed E-state index contributed by atoms with van der Waals surface area (Å²) in [6, 6.07) is 0.738. The van der Waals surface area contributed by atoms with Gasteiger partial charge in [0.15, 0.2) is 0 Å². The van der Waals surface area contributed by atoms with Gasteiger partial charge < -0.3 is 20.3 Å². The van der Waals surface area contributed by atoms with Gasteiger partial charge >= 0.3 is 0 Å². The third kappa shape index (κ3) is 4.94. The van der Waals surface area contributed by atoms with Crippen LogP contribution in [0.15, 0.2) is 0 Å². The first-order valence-corrected chi connectivity index (χ1v) is 8.37. The van der Waals surface area contributed by atoms with Gasteiger partial charge in [-0.15, -0.1) is 0 Å². The van der Waals surface area contributed by atoms with E-state index in [1.807, 2.05) is 0 Å². The van der Waals surface area contributed by atoms with Gasteiger partial charge in [-0.2, -0.15) is 0 Å². The van der Waals surface area contributed by atoms with Gasteiger partial charge in [0.1, 0.15) is 0 Å². The third-order valence-electron chi connectivity index (χ3n) is 4.92. The molecule has 0 spiro atoms. The Hall–Kier alpha value is -0.650. The minimum Gasteiger partial charge on any atom is -0.379 e. The molecule has 2 fully saturated rings. The van der Waals surface area contributed by atoms with Gasteiger partial charge in [-0.25, -0.2) is 0 Å². The van der Waals surface area contributed by atoms with Crippen LogP contribution in [0.4, 0.5) is 0 Å². The van der Waals surface area contributed by atoms with E-state index in [-0.39, 0.29) is 18.1 Å². The molecule has 2 aliphatic heterocycles. The maximum Gasteiger partial charge on any atom is 0.220 e. The molecular weight excluding hydrogens is 266 g/mol. The molecule has 0 aliphatic carbocycles. The normalized spacial score (nSPS) is 28.8. The summed E-state index contributed by atoms with van der Waals surface area (Å²) in [5, 5.41) is 6.49. The Kier molecular flexibility index (Phi) is 6.45. The van der Waals surface area contributed by atoms with E-state index < -0.39 is 0 Å². The molecule has 2 saturated heterocycles. The zero-order valence-corrected chi connectivity index (χ0v) is 13.7. The molecule has 0 bridgehead atoms. The van der Waals surface area contributed by atoms with E-state index in [0.717, 1.165) is 45.4 Å². The van der Waals surface area contributed by atoms with Gasteiger partial charge in [0.2, 0.25) is 5.91 Å². The number of hydrogen-bond donors (Lipinski definition) is 2. The highest BCUT2D eigenvalue weighted by Gasteiger charge is 2.28. The Morgan fingerprint density at radius 1 is 1.33 bits per heavy atom. The molecule has 2 N–H and O–H groups in total. The number of amides is 1. The standard InChI is InChI=1S/C16H31N3O2/c1-12(2)19-8-5-13(6-9-19)10-16(20)18-14-11-17-7-4-15(14)21-3/h12-15,17H,4-11H2,1-3H3,(H,18,20)/t14-,15+/m0/s1. The van der Waals surface area contributed by atoms with Gasteiger partial charge in [-0.1, -0.05) is 0 Å². The molecule has 2 rings (SSSR count). The van der Waals surface area contributed by atoms with Crippen LogP contribution < -0.4 is 10.6 Å². The molecular formula is C16H31N3O2. The number of rotatable bonds is 5. The minimum atomic E-state index is 0.118. The molecule has 2 heterocycles. The molecule has 0 unspecified atom stereocenters. The fourth-order valence-electron chi connectivity index (χ4n) is 3.46. The summed E-state index contributed by atoms with van der Waals surface area (Å²) in [5.41, 5.74) is 0. The van der Waals surface area contributed by atoms with Crippen molar-refractivity contribution in [3.05, 3.63) is 0 Å². The Labute approximate surface area is 128 Å². The molecule has 122 valence electrons. The van der Waals surface area contributed by atoms with E-state index in [1.165, 1.54) is 0 Å². The van der Waals surface area contributed by atoms with Crippen LogP contribution in [0.25, 0.3) is 0 Å². The minimum absolute atomic E-state index is 0.118. The average molecular weight is 297 g/mol. The molecule has 0 aromatic carbocycles. The maximum absolute atomic E-state index is 12.2. The molecule has 5 heteroatoms. The van der Waals surface area contributed by atoms with Crippen LogP contribution in [0.2, 0.25) is 0 Å². The lowest BCUT2D eigenvalue weighted by atomic mass is 9.92. The Morgan fingerprint density at radius 2 is 2.05 bits per heavy atom. The van der Waals surface area contributed by atoms with E-state index in [0.29, 0.717) is 18.4 Å². The second kappa shape index (κ2) is 8.11. The summed E-state index contributed by atoms with van der Waals surface area (Å²) < 4.78 is 5.47. The van der Waals surface area contributed by atoms with Crippen molar-refractivity contribution >= 4 is 5.91 Å². The van der Waals surface area contributed by atoms with Crippen LogP contribution >= 0.6 is 0 Å². The SMILES string of the molecule is CO[C@@H]1CCNC[C@@H]1NC(=O)CC1CCN(C(C)C)CC1. The summed E-state index contributed by atoms with van der Waals surface area (Å²) in [4.78, 5) is 14.7. The highest BCUT2D eigenvalue weighted by atomic mass is 16.5. The molecule has 0 aromatic rings. The lowest BCUT2D eigenvalue weighted by Crippen LogP contribution is -2.54. The van der Waals surface area contributed by atoms with Gasteiger partial charge in [0.05, 0.1) is 12.1 Å². The van der Waals surface area contributed by atoms with Crippen molar-refractivity contribution in [1.29, 1.82) is 0 Å². The number of hydrogen-bond acceptors (Lipinski definition) is 4. The van der Waals surface area contributed by atoms with Crippen molar-refractivity contribution in [3.8, 4) is 0 Å². The highest BCUT2D eigenvalue weighted by molar-refractivity contribution is 5.76. The van der Waals surface area contributed by atoms with Gasteiger partial charge in [-0.3, -0.25) is 4.79 Å².